The zero-order valence-corrected chi connectivity index (χ0v) is 18.3. The summed E-state index contributed by atoms with van der Waals surface area (Å²) in [7, 11) is 1.45. The van der Waals surface area contributed by atoms with Crippen molar-refractivity contribution in [2.75, 3.05) is 24.3 Å². The van der Waals surface area contributed by atoms with Crippen LogP contribution in [0, 0.1) is 12.7 Å². The van der Waals surface area contributed by atoms with Gasteiger partial charge in [0.15, 0.2) is 0 Å². The molecule has 3 rings (SSSR count). The molecule has 0 saturated heterocycles. The van der Waals surface area contributed by atoms with Crippen LogP contribution in [0.3, 0.4) is 0 Å². The summed E-state index contributed by atoms with van der Waals surface area (Å²) in [6, 6.07) is 17.3. The summed E-state index contributed by atoms with van der Waals surface area (Å²) in [4.78, 5) is 37.0. The fourth-order valence-corrected chi connectivity index (χ4v) is 3.14. The van der Waals surface area contributed by atoms with E-state index in [1.54, 1.807) is 30.3 Å². The molecule has 3 aromatic rings. The van der Waals surface area contributed by atoms with Crippen molar-refractivity contribution in [1.29, 1.82) is 0 Å². The Morgan fingerprint density at radius 1 is 0.909 bits per heavy atom. The molecular weight excluding hydrogens is 425 g/mol. The Hall–Kier alpha value is -4.20. The lowest BCUT2D eigenvalue weighted by Gasteiger charge is -2.13. The van der Waals surface area contributed by atoms with Gasteiger partial charge in [-0.05, 0) is 55.0 Å². The smallest absolute Gasteiger partial charge is 0.255 e. The van der Waals surface area contributed by atoms with Gasteiger partial charge in [0.25, 0.3) is 11.8 Å². The molecule has 0 unspecified atom stereocenters. The average Bonchev–Trinajstić information content (AvgIpc) is 2.79. The van der Waals surface area contributed by atoms with E-state index in [1.165, 1.54) is 25.3 Å². The molecule has 170 valence electrons. The van der Waals surface area contributed by atoms with Crippen molar-refractivity contribution >= 4 is 29.1 Å². The molecular formula is C25H24FN3O4. The molecule has 0 aliphatic carbocycles. The molecule has 0 saturated carbocycles. The van der Waals surface area contributed by atoms with Gasteiger partial charge in [-0.25, -0.2) is 4.39 Å². The number of halogens is 1. The second kappa shape index (κ2) is 10.9. The first-order valence-corrected chi connectivity index (χ1v) is 10.3. The summed E-state index contributed by atoms with van der Waals surface area (Å²) >= 11 is 0. The first-order chi connectivity index (χ1) is 15.9. The number of aryl methyl sites for hydroxylation is 1. The molecule has 7 nitrogen and oxygen atoms in total. The summed E-state index contributed by atoms with van der Waals surface area (Å²) in [5, 5.41) is 8.11. The van der Waals surface area contributed by atoms with E-state index in [0.29, 0.717) is 22.7 Å². The van der Waals surface area contributed by atoms with Gasteiger partial charge in [-0.15, -0.1) is 0 Å². The summed E-state index contributed by atoms with van der Waals surface area (Å²) < 4.78 is 18.7. The molecule has 3 aromatic carbocycles. The van der Waals surface area contributed by atoms with Crippen molar-refractivity contribution < 1.29 is 23.5 Å². The molecule has 0 aliphatic rings. The highest BCUT2D eigenvalue weighted by molar-refractivity contribution is 6.05. The normalized spacial score (nSPS) is 10.3. The molecule has 0 aromatic heterocycles. The third kappa shape index (κ3) is 6.39. The van der Waals surface area contributed by atoms with Crippen LogP contribution < -0.4 is 20.7 Å². The largest absolute Gasteiger partial charge is 0.495 e. The first-order valence-electron chi connectivity index (χ1n) is 10.3. The van der Waals surface area contributed by atoms with Gasteiger partial charge in [0, 0.05) is 29.8 Å². The van der Waals surface area contributed by atoms with E-state index < -0.39 is 11.7 Å². The minimum atomic E-state index is -0.523. The van der Waals surface area contributed by atoms with Crippen LogP contribution >= 0.6 is 0 Å². The zero-order valence-electron chi connectivity index (χ0n) is 18.3. The van der Waals surface area contributed by atoms with Gasteiger partial charge < -0.3 is 20.7 Å². The predicted molar refractivity (Wildman–Crippen MR) is 124 cm³/mol. The third-order valence-corrected chi connectivity index (χ3v) is 4.85. The fourth-order valence-electron chi connectivity index (χ4n) is 3.14. The van der Waals surface area contributed by atoms with Crippen LogP contribution in [0.4, 0.5) is 15.8 Å². The molecule has 8 heteroatoms. The standard InChI is InChI=1S/C25H24FN3O4/c1-16-6-3-4-9-20(16)25(32)27-13-12-23(30)28-19-10-11-22(33-2)21(15-19)29-24(31)17-7-5-8-18(26)14-17/h3-11,14-15H,12-13H2,1-2H3,(H,27,32)(H,28,30)(H,29,31). The van der Waals surface area contributed by atoms with Gasteiger partial charge in [-0.3, -0.25) is 14.4 Å². The number of amides is 3. The average molecular weight is 449 g/mol. The number of rotatable bonds is 8. The van der Waals surface area contributed by atoms with E-state index in [9.17, 15) is 18.8 Å². The maximum absolute atomic E-state index is 13.4. The summed E-state index contributed by atoms with van der Waals surface area (Å²) in [6.07, 6.45) is 0.0641. The van der Waals surface area contributed by atoms with E-state index in [0.717, 1.165) is 11.6 Å². The second-order valence-corrected chi connectivity index (χ2v) is 7.25. The number of hydrogen-bond acceptors (Lipinski definition) is 4. The van der Waals surface area contributed by atoms with Crippen molar-refractivity contribution in [2.24, 2.45) is 0 Å². The molecule has 3 N–H and O–H groups in total. The van der Waals surface area contributed by atoms with E-state index >= 15 is 0 Å². The molecule has 3 amide bonds. The molecule has 0 spiro atoms. The topological polar surface area (TPSA) is 96.5 Å². The summed E-state index contributed by atoms with van der Waals surface area (Å²) in [5.41, 5.74) is 2.31. The number of ether oxygens (including phenoxy) is 1. The van der Waals surface area contributed by atoms with Crippen LogP contribution in [0.2, 0.25) is 0 Å². The zero-order chi connectivity index (χ0) is 23.8. The third-order valence-electron chi connectivity index (χ3n) is 4.85. The molecule has 0 aliphatic heterocycles. The number of benzene rings is 3. The highest BCUT2D eigenvalue weighted by Crippen LogP contribution is 2.28. The Balaban J connectivity index is 1.59. The van der Waals surface area contributed by atoms with Crippen LogP contribution in [0.1, 0.15) is 32.7 Å². The molecule has 0 fully saturated rings. The molecule has 0 radical (unpaired) electrons. The van der Waals surface area contributed by atoms with E-state index in [2.05, 4.69) is 16.0 Å². The lowest BCUT2D eigenvalue weighted by molar-refractivity contribution is -0.116. The molecule has 33 heavy (non-hydrogen) atoms. The SMILES string of the molecule is COc1ccc(NC(=O)CCNC(=O)c2ccccc2C)cc1NC(=O)c1cccc(F)c1. The fraction of sp³-hybridized carbons (Fsp3) is 0.160. The number of anilines is 2. The van der Waals surface area contributed by atoms with E-state index in [-0.39, 0.29) is 30.3 Å². The Labute approximate surface area is 191 Å². The van der Waals surface area contributed by atoms with Crippen molar-refractivity contribution in [3.8, 4) is 5.75 Å². The number of methoxy groups -OCH3 is 1. The minimum Gasteiger partial charge on any atom is -0.495 e. The van der Waals surface area contributed by atoms with E-state index in [1.807, 2.05) is 19.1 Å². The van der Waals surface area contributed by atoms with Gasteiger partial charge in [0.05, 0.1) is 12.8 Å². The van der Waals surface area contributed by atoms with Crippen molar-refractivity contribution in [3.05, 3.63) is 89.2 Å². The van der Waals surface area contributed by atoms with E-state index in [4.69, 9.17) is 4.74 Å². The highest BCUT2D eigenvalue weighted by atomic mass is 19.1. The first kappa shape index (κ1) is 23.5. The van der Waals surface area contributed by atoms with Crippen LogP contribution in [-0.4, -0.2) is 31.4 Å². The summed E-state index contributed by atoms with van der Waals surface area (Å²) in [5.74, 6) is -1.22. The van der Waals surface area contributed by atoms with Gasteiger partial charge in [0.2, 0.25) is 5.91 Å². The highest BCUT2D eigenvalue weighted by Gasteiger charge is 2.13. The second-order valence-electron chi connectivity index (χ2n) is 7.25. The predicted octanol–water partition coefficient (Wildman–Crippen LogP) is 4.15. The van der Waals surface area contributed by atoms with Gasteiger partial charge in [-0.2, -0.15) is 0 Å². The van der Waals surface area contributed by atoms with Crippen LogP contribution in [0.25, 0.3) is 0 Å². The lowest BCUT2D eigenvalue weighted by Crippen LogP contribution is -2.28. The lowest BCUT2D eigenvalue weighted by atomic mass is 10.1. The minimum absolute atomic E-state index is 0.0641. The van der Waals surface area contributed by atoms with Gasteiger partial charge in [-0.1, -0.05) is 24.3 Å². The van der Waals surface area contributed by atoms with Crippen LogP contribution in [-0.2, 0) is 4.79 Å². The monoisotopic (exact) mass is 449 g/mol. The van der Waals surface area contributed by atoms with Crippen molar-refractivity contribution in [1.82, 2.24) is 5.32 Å². The van der Waals surface area contributed by atoms with Crippen molar-refractivity contribution in [3.63, 3.8) is 0 Å². The Kier molecular flexibility index (Phi) is 7.75. The number of hydrogen-bond donors (Lipinski definition) is 3. The van der Waals surface area contributed by atoms with Crippen LogP contribution in [0.15, 0.2) is 66.7 Å². The number of carbonyl (C=O) groups excluding carboxylic acids is 3. The van der Waals surface area contributed by atoms with Gasteiger partial charge >= 0.3 is 0 Å². The number of carbonyl (C=O) groups is 3. The van der Waals surface area contributed by atoms with Gasteiger partial charge in [0.1, 0.15) is 11.6 Å². The Morgan fingerprint density at radius 3 is 2.42 bits per heavy atom. The van der Waals surface area contributed by atoms with Crippen LogP contribution in [0.5, 0.6) is 5.75 Å². The maximum atomic E-state index is 13.4. The Bertz CT molecular complexity index is 1180. The quantitative estimate of drug-likeness (QED) is 0.481. The molecule has 0 atom stereocenters. The molecule has 0 heterocycles. The number of nitrogens with one attached hydrogen (secondary N) is 3. The summed E-state index contributed by atoms with van der Waals surface area (Å²) in [6.45, 7) is 2.01. The van der Waals surface area contributed by atoms with Crippen molar-refractivity contribution in [2.45, 2.75) is 13.3 Å². The Morgan fingerprint density at radius 2 is 1.70 bits per heavy atom. The molecule has 0 bridgehead atoms. The maximum Gasteiger partial charge on any atom is 0.255 e.